The van der Waals surface area contributed by atoms with Crippen LogP contribution in [0.2, 0.25) is 5.02 Å². The Bertz CT molecular complexity index is 1460. The number of hydrogen-bond acceptors (Lipinski definition) is 5. The zero-order valence-corrected chi connectivity index (χ0v) is 25.7. The van der Waals surface area contributed by atoms with Crippen LogP contribution in [-0.2, 0) is 16.8 Å². The molecule has 0 aromatic heterocycles. The van der Waals surface area contributed by atoms with E-state index in [9.17, 15) is 14.7 Å². The molecule has 1 fully saturated rings. The summed E-state index contributed by atoms with van der Waals surface area (Å²) in [6, 6.07) is 18.4. The summed E-state index contributed by atoms with van der Waals surface area (Å²) < 4.78 is 11.7. The maximum absolute atomic E-state index is 13.8. The van der Waals surface area contributed by atoms with Crippen molar-refractivity contribution in [1.82, 2.24) is 9.80 Å². The number of amides is 3. The Kier molecular flexibility index (Phi) is 8.14. The van der Waals surface area contributed by atoms with Gasteiger partial charge in [-0.05, 0) is 79.4 Å². The number of anilines is 1. The first-order chi connectivity index (χ1) is 19.9. The lowest BCUT2D eigenvalue weighted by Crippen LogP contribution is -2.59. The number of methoxy groups -OCH3 is 1. The summed E-state index contributed by atoms with van der Waals surface area (Å²) in [5, 5.41) is 12.1. The molecule has 222 valence electrons. The van der Waals surface area contributed by atoms with Crippen molar-refractivity contribution < 1.29 is 24.2 Å². The van der Waals surface area contributed by atoms with Crippen LogP contribution in [0.1, 0.15) is 49.1 Å². The number of nitrogens with zero attached hydrogens (tertiary/aromatic N) is 3. The van der Waals surface area contributed by atoms with Gasteiger partial charge >= 0.3 is 6.03 Å². The molecule has 1 N–H and O–H groups in total. The Morgan fingerprint density at radius 2 is 1.69 bits per heavy atom. The van der Waals surface area contributed by atoms with Gasteiger partial charge in [-0.15, -0.1) is 0 Å². The molecule has 0 radical (unpaired) electrons. The van der Waals surface area contributed by atoms with Gasteiger partial charge in [0.15, 0.2) is 11.5 Å². The van der Waals surface area contributed by atoms with Gasteiger partial charge in [-0.1, -0.05) is 35.9 Å². The number of benzene rings is 3. The van der Waals surface area contributed by atoms with Gasteiger partial charge in [0.2, 0.25) is 5.91 Å². The van der Waals surface area contributed by atoms with Crippen LogP contribution in [0.25, 0.3) is 0 Å². The predicted molar refractivity (Wildman–Crippen MR) is 163 cm³/mol. The normalized spacial score (nSPS) is 18.3. The largest absolute Gasteiger partial charge is 0.493 e. The van der Waals surface area contributed by atoms with E-state index < -0.39 is 11.6 Å². The predicted octanol–water partition coefficient (Wildman–Crippen LogP) is 5.64. The molecule has 1 unspecified atom stereocenters. The molecule has 2 aliphatic heterocycles. The molecule has 3 aromatic carbocycles. The third kappa shape index (κ3) is 5.53. The number of halogens is 1. The summed E-state index contributed by atoms with van der Waals surface area (Å²) in [6.45, 7) is 6.67. The van der Waals surface area contributed by atoms with Gasteiger partial charge in [0.25, 0.3) is 0 Å². The number of carbonyl (C=O) groups is 2. The zero-order valence-electron chi connectivity index (χ0n) is 24.9. The van der Waals surface area contributed by atoms with Gasteiger partial charge in [-0.2, -0.15) is 0 Å². The fraction of sp³-hybridized carbons (Fsp3) is 0.394. The molecule has 5 rings (SSSR count). The molecule has 3 aromatic rings. The SMILES string of the molecule is COc1cc2c(cc1OC(C)C)[C@H](c1ccc(Cl)cc1)N(c1ccc(C(C)(O)C3CN(C(=O)N(C)C)C3)cc1)C(=O)C2. The summed E-state index contributed by atoms with van der Waals surface area (Å²) in [6.07, 6.45) is 0.144. The molecule has 42 heavy (non-hydrogen) atoms. The van der Waals surface area contributed by atoms with E-state index in [4.69, 9.17) is 21.1 Å². The number of urea groups is 1. The second kappa shape index (κ2) is 11.5. The molecule has 2 aliphatic rings. The minimum Gasteiger partial charge on any atom is -0.493 e. The average Bonchev–Trinajstić information content (AvgIpc) is 2.91. The van der Waals surface area contributed by atoms with Crippen molar-refractivity contribution in [3.63, 3.8) is 0 Å². The van der Waals surface area contributed by atoms with Crippen molar-refractivity contribution in [1.29, 1.82) is 0 Å². The van der Waals surface area contributed by atoms with Crippen LogP contribution in [0, 0.1) is 5.92 Å². The van der Waals surface area contributed by atoms with Crippen LogP contribution < -0.4 is 14.4 Å². The fourth-order valence-corrected chi connectivity index (χ4v) is 5.92. The lowest BCUT2D eigenvalue weighted by atomic mass is 9.78. The van der Waals surface area contributed by atoms with E-state index in [0.717, 1.165) is 22.3 Å². The first kappa shape index (κ1) is 29.7. The Morgan fingerprint density at radius 3 is 2.26 bits per heavy atom. The molecule has 3 amide bonds. The molecule has 9 heteroatoms. The van der Waals surface area contributed by atoms with Crippen molar-refractivity contribution in [3.8, 4) is 11.5 Å². The standard InChI is InChI=1S/C33H38ClN3O5/c1-20(2)42-29-17-27-22(15-28(29)41-6)16-30(38)37(31(27)21-7-11-25(34)12-8-21)26-13-9-23(10-14-26)33(3,40)24-18-36(19-24)32(39)35(4)5/h7-15,17,20,24,31,40H,16,18-19H2,1-6H3/t31-,33?/m0/s1. The van der Waals surface area contributed by atoms with Crippen LogP contribution in [-0.4, -0.2) is 67.2 Å². The molecular formula is C33H38ClN3O5. The van der Waals surface area contributed by atoms with E-state index in [2.05, 4.69) is 0 Å². The van der Waals surface area contributed by atoms with Gasteiger partial charge in [0, 0.05) is 43.8 Å². The van der Waals surface area contributed by atoms with Gasteiger partial charge in [0.05, 0.1) is 31.3 Å². The first-order valence-corrected chi connectivity index (χ1v) is 14.5. The minimum atomic E-state index is -1.13. The number of hydrogen-bond donors (Lipinski definition) is 1. The summed E-state index contributed by atoms with van der Waals surface area (Å²) in [7, 11) is 5.04. The number of fused-ring (bicyclic) bond motifs is 1. The van der Waals surface area contributed by atoms with E-state index in [-0.39, 0.29) is 30.4 Å². The number of ether oxygens (including phenoxy) is 2. The van der Waals surface area contributed by atoms with Gasteiger partial charge in [-0.3, -0.25) is 4.79 Å². The second-order valence-electron chi connectivity index (χ2n) is 11.7. The summed E-state index contributed by atoms with van der Waals surface area (Å²) in [4.78, 5) is 31.1. The highest BCUT2D eigenvalue weighted by atomic mass is 35.5. The monoisotopic (exact) mass is 591 g/mol. The molecule has 2 atom stereocenters. The van der Waals surface area contributed by atoms with Gasteiger partial charge in [0.1, 0.15) is 0 Å². The van der Waals surface area contributed by atoms with Gasteiger partial charge in [-0.25, -0.2) is 4.79 Å². The molecule has 0 bridgehead atoms. The Hall–Kier alpha value is -3.75. The van der Waals surface area contributed by atoms with Crippen molar-refractivity contribution in [3.05, 3.63) is 87.9 Å². The van der Waals surface area contributed by atoms with Crippen LogP contribution in [0.5, 0.6) is 11.5 Å². The van der Waals surface area contributed by atoms with E-state index in [0.29, 0.717) is 35.3 Å². The quantitative estimate of drug-likeness (QED) is 0.385. The molecule has 8 nitrogen and oxygen atoms in total. The summed E-state index contributed by atoms with van der Waals surface area (Å²) in [5.74, 6) is 1.06. The number of aliphatic hydroxyl groups is 1. The van der Waals surface area contributed by atoms with E-state index in [1.54, 1.807) is 42.8 Å². The second-order valence-corrected chi connectivity index (χ2v) is 12.2. The van der Waals surface area contributed by atoms with Crippen molar-refractivity contribution in [2.24, 2.45) is 5.92 Å². The highest BCUT2D eigenvalue weighted by Crippen LogP contribution is 2.44. The highest BCUT2D eigenvalue weighted by Gasteiger charge is 2.44. The maximum Gasteiger partial charge on any atom is 0.319 e. The maximum atomic E-state index is 13.8. The number of carbonyl (C=O) groups excluding carboxylic acids is 2. The van der Waals surface area contributed by atoms with Crippen molar-refractivity contribution in [2.75, 3.05) is 39.2 Å². The van der Waals surface area contributed by atoms with E-state index in [1.165, 1.54) is 0 Å². The van der Waals surface area contributed by atoms with Crippen molar-refractivity contribution in [2.45, 2.75) is 44.9 Å². The molecule has 0 saturated carbocycles. The number of rotatable bonds is 7. The summed E-state index contributed by atoms with van der Waals surface area (Å²) in [5.41, 5.74) is 3.06. The van der Waals surface area contributed by atoms with E-state index >= 15 is 0 Å². The first-order valence-electron chi connectivity index (χ1n) is 14.1. The topological polar surface area (TPSA) is 82.6 Å². The lowest BCUT2D eigenvalue weighted by Gasteiger charge is -2.47. The summed E-state index contributed by atoms with van der Waals surface area (Å²) >= 11 is 6.23. The minimum absolute atomic E-state index is 0.0571. The average molecular weight is 592 g/mol. The molecule has 1 saturated heterocycles. The van der Waals surface area contributed by atoms with E-state index in [1.807, 2.05) is 74.5 Å². The Labute approximate surface area is 252 Å². The van der Waals surface area contributed by atoms with Gasteiger partial charge < -0.3 is 29.3 Å². The third-order valence-electron chi connectivity index (χ3n) is 8.20. The Morgan fingerprint density at radius 1 is 1.05 bits per heavy atom. The Balaban J connectivity index is 1.50. The van der Waals surface area contributed by atoms with Crippen LogP contribution in [0.4, 0.5) is 10.5 Å². The van der Waals surface area contributed by atoms with Crippen LogP contribution >= 0.6 is 11.6 Å². The molecule has 2 heterocycles. The lowest BCUT2D eigenvalue weighted by molar-refractivity contribution is -0.118. The third-order valence-corrected chi connectivity index (χ3v) is 8.45. The highest BCUT2D eigenvalue weighted by molar-refractivity contribution is 6.30. The molecule has 0 spiro atoms. The van der Waals surface area contributed by atoms with Crippen molar-refractivity contribution >= 4 is 29.2 Å². The molecular weight excluding hydrogens is 554 g/mol. The smallest absolute Gasteiger partial charge is 0.319 e. The molecule has 0 aliphatic carbocycles. The van der Waals surface area contributed by atoms with Crippen LogP contribution in [0.3, 0.4) is 0 Å². The zero-order chi connectivity index (χ0) is 30.3. The number of likely N-dealkylation sites (tertiary alicyclic amines) is 1. The fourth-order valence-electron chi connectivity index (χ4n) is 5.80. The van der Waals surface area contributed by atoms with Crippen LogP contribution in [0.15, 0.2) is 60.7 Å².